The Kier molecular flexibility index (Phi) is 4.29. The zero-order valence-electron chi connectivity index (χ0n) is 13.4. The number of nitrogens with one attached hydrogen (secondary N) is 1. The lowest BCUT2D eigenvalue weighted by molar-refractivity contribution is -0.141. The fourth-order valence-electron chi connectivity index (χ4n) is 2.56. The van der Waals surface area contributed by atoms with Crippen LogP contribution in [0.3, 0.4) is 0 Å². The number of para-hydroxylation sites is 1. The molecule has 1 aromatic heterocycles. The van der Waals surface area contributed by atoms with Crippen LogP contribution in [0.4, 0.5) is 0 Å². The first-order valence-electron chi connectivity index (χ1n) is 7.53. The summed E-state index contributed by atoms with van der Waals surface area (Å²) in [7, 11) is 1.34. The highest BCUT2D eigenvalue weighted by molar-refractivity contribution is 5.79. The summed E-state index contributed by atoms with van der Waals surface area (Å²) >= 11 is 0. The van der Waals surface area contributed by atoms with E-state index in [2.05, 4.69) is 10.1 Å². The maximum atomic E-state index is 12.4. The Labute approximate surface area is 138 Å². The number of rotatable bonds is 4. The first-order chi connectivity index (χ1) is 11.6. The van der Waals surface area contributed by atoms with E-state index < -0.39 is 5.92 Å². The molecule has 0 aliphatic heterocycles. The van der Waals surface area contributed by atoms with Gasteiger partial charge in [0.1, 0.15) is 0 Å². The average Bonchev–Trinajstić information content (AvgIpc) is 3.02. The Morgan fingerprint density at radius 2 is 1.79 bits per heavy atom. The average molecular weight is 323 g/mol. The molecule has 0 saturated heterocycles. The normalized spacial score (nSPS) is 11.9. The van der Waals surface area contributed by atoms with Crippen LogP contribution in [0.1, 0.15) is 18.4 Å². The van der Waals surface area contributed by atoms with Crippen molar-refractivity contribution in [1.82, 2.24) is 14.8 Å². The topological polar surface area (TPSA) is 77.0 Å². The molecule has 0 spiro atoms. The van der Waals surface area contributed by atoms with Gasteiger partial charge in [0, 0.05) is 5.56 Å². The van der Waals surface area contributed by atoms with E-state index in [9.17, 15) is 9.59 Å². The second-order valence-corrected chi connectivity index (χ2v) is 5.36. The molecule has 0 aliphatic carbocycles. The predicted octanol–water partition coefficient (Wildman–Crippen LogP) is 2.50. The van der Waals surface area contributed by atoms with E-state index in [1.165, 1.54) is 11.8 Å². The van der Waals surface area contributed by atoms with Gasteiger partial charge in [0.05, 0.1) is 18.7 Å². The Bertz CT molecular complexity index is 913. The Morgan fingerprint density at radius 3 is 2.50 bits per heavy atom. The molecule has 3 aromatic rings. The minimum Gasteiger partial charge on any atom is -0.469 e. The van der Waals surface area contributed by atoms with E-state index in [0.29, 0.717) is 17.1 Å². The van der Waals surface area contributed by atoms with Crippen molar-refractivity contribution >= 4 is 5.97 Å². The molecule has 24 heavy (non-hydrogen) atoms. The molecule has 6 heteroatoms. The van der Waals surface area contributed by atoms with Crippen molar-refractivity contribution in [3.8, 4) is 17.1 Å². The summed E-state index contributed by atoms with van der Waals surface area (Å²) < 4.78 is 6.08. The van der Waals surface area contributed by atoms with Gasteiger partial charge in [0.2, 0.25) is 0 Å². The van der Waals surface area contributed by atoms with Crippen LogP contribution < -0.4 is 5.69 Å². The van der Waals surface area contributed by atoms with Gasteiger partial charge in [0.25, 0.3) is 0 Å². The summed E-state index contributed by atoms with van der Waals surface area (Å²) in [6, 6.07) is 16.5. The summed E-state index contributed by atoms with van der Waals surface area (Å²) in [5, 5.41) is 4.37. The van der Waals surface area contributed by atoms with Gasteiger partial charge in [-0.1, -0.05) is 48.5 Å². The van der Waals surface area contributed by atoms with Crippen molar-refractivity contribution in [1.29, 1.82) is 0 Å². The van der Waals surface area contributed by atoms with E-state index in [1.54, 1.807) is 25.1 Å². The van der Waals surface area contributed by atoms with Crippen LogP contribution in [-0.4, -0.2) is 27.8 Å². The van der Waals surface area contributed by atoms with E-state index >= 15 is 0 Å². The van der Waals surface area contributed by atoms with Crippen LogP contribution in [0, 0.1) is 0 Å². The standard InChI is InChI=1S/C18H17N3O3/c1-12(17(22)24-2)14-10-6-7-11-15(14)21-18(23)19-16(20-21)13-8-4-3-5-9-13/h3-12H,1-2H3,(H,19,20,23). The fourth-order valence-corrected chi connectivity index (χ4v) is 2.56. The number of esters is 1. The fraction of sp³-hybridized carbons (Fsp3) is 0.167. The second kappa shape index (κ2) is 6.54. The number of nitrogens with zero attached hydrogens (tertiary/aromatic N) is 2. The molecule has 0 amide bonds. The molecule has 122 valence electrons. The number of hydrogen-bond acceptors (Lipinski definition) is 4. The number of carbonyl (C=O) groups excluding carboxylic acids is 1. The van der Waals surface area contributed by atoms with Gasteiger partial charge in [-0.2, -0.15) is 4.68 Å². The number of H-pyrrole nitrogens is 1. The molecule has 0 bridgehead atoms. The van der Waals surface area contributed by atoms with Crippen molar-refractivity contribution in [3.05, 3.63) is 70.6 Å². The molecule has 0 aliphatic rings. The molecule has 0 radical (unpaired) electrons. The van der Waals surface area contributed by atoms with Gasteiger partial charge in [-0.05, 0) is 18.6 Å². The number of hydrogen-bond donors (Lipinski definition) is 1. The summed E-state index contributed by atoms with van der Waals surface area (Å²) in [5.41, 5.74) is 1.68. The molecule has 1 heterocycles. The lowest BCUT2D eigenvalue weighted by atomic mass is 9.99. The van der Waals surface area contributed by atoms with Crippen molar-refractivity contribution in [2.75, 3.05) is 7.11 Å². The summed E-state index contributed by atoms with van der Waals surface area (Å²) in [5.74, 6) is -0.398. The Balaban J connectivity index is 2.09. The number of carbonyl (C=O) groups is 1. The molecular weight excluding hydrogens is 306 g/mol. The molecule has 3 rings (SSSR count). The molecule has 1 unspecified atom stereocenters. The van der Waals surface area contributed by atoms with Gasteiger partial charge >= 0.3 is 11.7 Å². The van der Waals surface area contributed by atoms with E-state index in [-0.39, 0.29) is 11.7 Å². The van der Waals surface area contributed by atoms with E-state index in [4.69, 9.17) is 4.74 Å². The molecule has 1 N–H and O–H groups in total. The lowest BCUT2D eigenvalue weighted by Crippen LogP contribution is -2.20. The number of aromatic amines is 1. The van der Waals surface area contributed by atoms with Gasteiger partial charge in [0.15, 0.2) is 5.82 Å². The summed E-state index contributed by atoms with van der Waals surface area (Å²) in [4.78, 5) is 27.0. The molecule has 1 atom stereocenters. The van der Waals surface area contributed by atoms with Crippen LogP contribution >= 0.6 is 0 Å². The van der Waals surface area contributed by atoms with Crippen LogP contribution in [0.2, 0.25) is 0 Å². The number of ether oxygens (including phenoxy) is 1. The Hall–Kier alpha value is -3.15. The molecule has 0 fully saturated rings. The highest BCUT2D eigenvalue weighted by atomic mass is 16.5. The summed E-state index contributed by atoms with van der Waals surface area (Å²) in [6.45, 7) is 1.74. The zero-order chi connectivity index (χ0) is 17.1. The molecule has 0 saturated carbocycles. The SMILES string of the molecule is COC(=O)C(C)c1ccccc1-n1nc(-c2ccccc2)[nH]c1=O. The van der Waals surface area contributed by atoms with Gasteiger partial charge in [-0.15, -0.1) is 5.10 Å². The lowest BCUT2D eigenvalue weighted by Gasteiger charge is -2.13. The van der Waals surface area contributed by atoms with Crippen molar-refractivity contribution in [2.45, 2.75) is 12.8 Å². The highest BCUT2D eigenvalue weighted by Gasteiger charge is 2.21. The second-order valence-electron chi connectivity index (χ2n) is 5.36. The van der Waals surface area contributed by atoms with Crippen LogP contribution in [0.5, 0.6) is 0 Å². The predicted molar refractivity (Wildman–Crippen MR) is 90.1 cm³/mol. The zero-order valence-corrected chi connectivity index (χ0v) is 13.4. The smallest absolute Gasteiger partial charge is 0.348 e. The molecule has 2 aromatic carbocycles. The molecular formula is C18H17N3O3. The minimum absolute atomic E-state index is 0.363. The van der Waals surface area contributed by atoms with Gasteiger partial charge < -0.3 is 4.74 Å². The van der Waals surface area contributed by atoms with Crippen molar-refractivity contribution in [2.24, 2.45) is 0 Å². The monoisotopic (exact) mass is 323 g/mol. The third kappa shape index (κ3) is 2.86. The van der Waals surface area contributed by atoms with Crippen LogP contribution in [-0.2, 0) is 9.53 Å². The maximum absolute atomic E-state index is 12.4. The number of aromatic nitrogens is 3. The molecule has 6 nitrogen and oxygen atoms in total. The number of methoxy groups -OCH3 is 1. The third-order valence-corrected chi connectivity index (χ3v) is 3.85. The quantitative estimate of drug-likeness (QED) is 0.748. The van der Waals surface area contributed by atoms with Gasteiger partial charge in [-0.25, -0.2) is 4.79 Å². The van der Waals surface area contributed by atoms with E-state index in [0.717, 1.165) is 5.56 Å². The number of benzene rings is 2. The third-order valence-electron chi connectivity index (χ3n) is 3.85. The van der Waals surface area contributed by atoms with Crippen LogP contribution in [0.25, 0.3) is 17.1 Å². The maximum Gasteiger partial charge on any atom is 0.348 e. The van der Waals surface area contributed by atoms with Crippen molar-refractivity contribution in [3.63, 3.8) is 0 Å². The first-order valence-corrected chi connectivity index (χ1v) is 7.53. The highest BCUT2D eigenvalue weighted by Crippen LogP contribution is 2.23. The van der Waals surface area contributed by atoms with Gasteiger partial charge in [-0.3, -0.25) is 9.78 Å². The first kappa shape index (κ1) is 15.7. The van der Waals surface area contributed by atoms with E-state index in [1.807, 2.05) is 36.4 Å². The van der Waals surface area contributed by atoms with Crippen LogP contribution in [0.15, 0.2) is 59.4 Å². The summed E-state index contributed by atoms with van der Waals surface area (Å²) in [6.07, 6.45) is 0. The van der Waals surface area contributed by atoms with Crippen molar-refractivity contribution < 1.29 is 9.53 Å². The Morgan fingerprint density at radius 1 is 1.12 bits per heavy atom. The largest absolute Gasteiger partial charge is 0.469 e. The minimum atomic E-state index is -0.505.